The Labute approximate surface area is 119 Å². The molecule has 5 nitrogen and oxygen atoms in total. The summed E-state index contributed by atoms with van der Waals surface area (Å²) in [6.45, 7) is 1.97. The van der Waals surface area contributed by atoms with Gasteiger partial charge in [0.25, 0.3) is 0 Å². The number of nitrogens with zero attached hydrogens (tertiary/aromatic N) is 1. The second-order valence-electron chi connectivity index (χ2n) is 6.08. The molecule has 1 atom stereocenters. The van der Waals surface area contributed by atoms with Gasteiger partial charge in [0.1, 0.15) is 6.04 Å². The topological polar surface area (TPSA) is 74.7 Å². The second kappa shape index (κ2) is 5.94. The maximum absolute atomic E-state index is 12.6. The van der Waals surface area contributed by atoms with Gasteiger partial charge in [-0.25, -0.2) is 4.79 Å². The molecule has 1 aliphatic carbocycles. The van der Waals surface area contributed by atoms with Gasteiger partial charge in [0.05, 0.1) is 5.41 Å². The number of imide groups is 1. The van der Waals surface area contributed by atoms with Crippen LogP contribution in [0.3, 0.4) is 0 Å². The van der Waals surface area contributed by atoms with Crippen LogP contribution in [0.25, 0.3) is 0 Å². The third-order valence-corrected chi connectivity index (χ3v) is 4.67. The molecule has 0 bridgehead atoms. The van der Waals surface area contributed by atoms with Crippen LogP contribution < -0.4 is 0 Å². The highest BCUT2D eigenvalue weighted by Crippen LogP contribution is 2.46. The molecule has 2 rings (SSSR count). The lowest BCUT2D eigenvalue weighted by Crippen LogP contribution is -2.47. The lowest BCUT2D eigenvalue weighted by atomic mass is 9.73. The van der Waals surface area contributed by atoms with E-state index in [0.29, 0.717) is 12.8 Å². The standard InChI is InChI=1S/C15H23NO4/c1-2-3-7-11(13(18)19)16-12(17)10-15(14(16)20)8-5-4-6-9-15/h11H,2-10H2,1H3,(H,18,19)/t11-/m1/s1. The number of amides is 2. The lowest BCUT2D eigenvalue weighted by Gasteiger charge is -2.31. The van der Waals surface area contributed by atoms with Gasteiger partial charge in [-0.3, -0.25) is 14.5 Å². The summed E-state index contributed by atoms with van der Waals surface area (Å²) < 4.78 is 0. The summed E-state index contributed by atoms with van der Waals surface area (Å²) in [6, 6.07) is -0.976. The first kappa shape index (κ1) is 15.0. The van der Waals surface area contributed by atoms with E-state index in [1.54, 1.807) is 0 Å². The quantitative estimate of drug-likeness (QED) is 0.785. The van der Waals surface area contributed by atoms with E-state index in [1.165, 1.54) is 0 Å². The number of likely N-dealkylation sites (tertiary alicyclic amines) is 1. The minimum absolute atomic E-state index is 0.210. The van der Waals surface area contributed by atoms with Crippen molar-refractivity contribution in [2.24, 2.45) is 5.41 Å². The van der Waals surface area contributed by atoms with E-state index in [-0.39, 0.29) is 18.2 Å². The average Bonchev–Trinajstić information content (AvgIpc) is 2.64. The van der Waals surface area contributed by atoms with E-state index in [1.807, 2.05) is 6.92 Å². The molecule has 0 radical (unpaired) electrons. The van der Waals surface area contributed by atoms with Gasteiger partial charge in [0, 0.05) is 6.42 Å². The Morgan fingerprint density at radius 3 is 2.50 bits per heavy atom. The first-order valence-electron chi connectivity index (χ1n) is 7.61. The number of aliphatic carboxylic acids is 1. The predicted molar refractivity (Wildman–Crippen MR) is 72.9 cm³/mol. The molecular formula is C15H23NO4. The van der Waals surface area contributed by atoms with Crippen molar-refractivity contribution in [1.29, 1.82) is 0 Å². The Bertz CT molecular complexity index is 412. The Kier molecular flexibility index (Phi) is 4.45. The highest BCUT2D eigenvalue weighted by molar-refractivity contribution is 6.08. The van der Waals surface area contributed by atoms with Crippen LogP contribution in [0.4, 0.5) is 0 Å². The SMILES string of the molecule is CCCC[C@H](C(=O)O)N1C(=O)CC2(CCCCC2)C1=O. The third-order valence-electron chi connectivity index (χ3n) is 4.67. The van der Waals surface area contributed by atoms with Crippen LogP contribution in [-0.4, -0.2) is 33.8 Å². The van der Waals surface area contributed by atoms with Gasteiger partial charge >= 0.3 is 5.97 Å². The maximum Gasteiger partial charge on any atom is 0.326 e. The fraction of sp³-hybridized carbons (Fsp3) is 0.800. The fourth-order valence-corrected chi connectivity index (χ4v) is 3.51. The molecule has 1 heterocycles. The summed E-state index contributed by atoms with van der Waals surface area (Å²) in [7, 11) is 0. The Morgan fingerprint density at radius 2 is 1.95 bits per heavy atom. The number of carbonyl (C=O) groups is 3. The first-order chi connectivity index (χ1) is 9.52. The number of carboxylic acids is 1. The van der Waals surface area contributed by atoms with Gasteiger partial charge in [-0.2, -0.15) is 0 Å². The highest BCUT2D eigenvalue weighted by Gasteiger charge is 2.54. The van der Waals surface area contributed by atoms with Crippen LogP contribution in [0.15, 0.2) is 0 Å². The molecule has 2 fully saturated rings. The zero-order valence-electron chi connectivity index (χ0n) is 12.1. The largest absolute Gasteiger partial charge is 0.480 e. The van der Waals surface area contributed by atoms with Gasteiger partial charge in [-0.05, 0) is 19.3 Å². The summed E-state index contributed by atoms with van der Waals surface area (Å²) >= 11 is 0. The molecule has 20 heavy (non-hydrogen) atoms. The van der Waals surface area contributed by atoms with E-state index in [9.17, 15) is 19.5 Å². The van der Waals surface area contributed by atoms with Crippen molar-refractivity contribution in [2.45, 2.75) is 70.8 Å². The summed E-state index contributed by atoms with van der Waals surface area (Å²) in [4.78, 5) is 37.3. The number of hydrogen-bond acceptors (Lipinski definition) is 3. The monoisotopic (exact) mass is 281 g/mol. The summed E-state index contributed by atoms with van der Waals surface area (Å²) in [5.41, 5.74) is -0.588. The molecule has 2 amide bonds. The van der Waals surface area contributed by atoms with E-state index in [2.05, 4.69) is 0 Å². The van der Waals surface area contributed by atoms with Crippen molar-refractivity contribution >= 4 is 17.8 Å². The van der Waals surface area contributed by atoms with E-state index < -0.39 is 17.4 Å². The predicted octanol–water partition coefficient (Wildman–Crippen LogP) is 2.34. The molecule has 0 unspecified atom stereocenters. The molecule has 1 aliphatic heterocycles. The Hall–Kier alpha value is -1.39. The molecule has 0 aromatic heterocycles. The molecule has 1 saturated heterocycles. The summed E-state index contributed by atoms with van der Waals surface area (Å²) in [5.74, 6) is -1.58. The van der Waals surface area contributed by atoms with Crippen LogP contribution in [0.2, 0.25) is 0 Å². The Balaban J connectivity index is 2.20. The van der Waals surface area contributed by atoms with Crippen LogP contribution in [0.5, 0.6) is 0 Å². The molecule has 0 aromatic carbocycles. The number of unbranched alkanes of at least 4 members (excludes halogenated alkanes) is 1. The third kappa shape index (κ3) is 2.58. The van der Waals surface area contributed by atoms with Crippen LogP contribution in [0.1, 0.15) is 64.7 Å². The van der Waals surface area contributed by atoms with Crippen molar-refractivity contribution in [3.63, 3.8) is 0 Å². The Morgan fingerprint density at radius 1 is 1.30 bits per heavy atom. The van der Waals surface area contributed by atoms with Crippen LogP contribution in [0, 0.1) is 5.41 Å². The average molecular weight is 281 g/mol. The lowest BCUT2D eigenvalue weighted by molar-refractivity contribution is -0.156. The van der Waals surface area contributed by atoms with Crippen molar-refractivity contribution in [3.05, 3.63) is 0 Å². The normalized spacial score (nSPS) is 23.4. The molecule has 1 N–H and O–H groups in total. The minimum atomic E-state index is -1.06. The molecular weight excluding hydrogens is 258 g/mol. The number of carboxylic acid groups (broad SMARTS) is 1. The van der Waals surface area contributed by atoms with Gasteiger partial charge in [0.2, 0.25) is 11.8 Å². The zero-order valence-corrected chi connectivity index (χ0v) is 12.1. The van der Waals surface area contributed by atoms with E-state index in [4.69, 9.17) is 0 Å². The number of hydrogen-bond donors (Lipinski definition) is 1. The van der Waals surface area contributed by atoms with E-state index >= 15 is 0 Å². The van der Waals surface area contributed by atoms with Gasteiger partial charge in [0.15, 0.2) is 0 Å². The molecule has 2 aliphatic rings. The van der Waals surface area contributed by atoms with Crippen LogP contribution >= 0.6 is 0 Å². The zero-order chi connectivity index (χ0) is 14.8. The minimum Gasteiger partial charge on any atom is -0.480 e. The van der Waals surface area contributed by atoms with Gasteiger partial charge in [-0.15, -0.1) is 0 Å². The summed E-state index contributed by atoms with van der Waals surface area (Å²) in [5, 5.41) is 9.34. The van der Waals surface area contributed by atoms with Crippen LogP contribution in [-0.2, 0) is 14.4 Å². The first-order valence-corrected chi connectivity index (χ1v) is 7.61. The molecule has 112 valence electrons. The van der Waals surface area contributed by atoms with E-state index in [0.717, 1.165) is 43.4 Å². The van der Waals surface area contributed by atoms with Crippen molar-refractivity contribution in [3.8, 4) is 0 Å². The molecule has 0 aromatic rings. The van der Waals surface area contributed by atoms with Crippen molar-refractivity contribution in [2.75, 3.05) is 0 Å². The molecule has 1 spiro atoms. The van der Waals surface area contributed by atoms with Gasteiger partial charge < -0.3 is 5.11 Å². The second-order valence-corrected chi connectivity index (χ2v) is 6.08. The number of rotatable bonds is 5. The smallest absolute Gasteiger partial charge is 0.326 e. The fourth-order valence-electron chi connectivity index (χ4n) is 3.51. The molecule has 5 heteroatoms. The summed E-state index contributed by atoms with van der Waals surface area (Å²) in [6.07, 6.45) is 6.61. The molecule has 1 saturated carbocycles. The number of carbonyl (C=O) groups excluding carboxylic acids is 2. The highest BCUT2D eigenvalue weighted by atomic mass is 16.4. The van der Waals surface area contributed by atoms with Crippen molar-refractivity contribution < 1.29 is 19.5 Å². The van der Waals surface area contributed by atoms with Crippen molar-refractivity contribution in [1.82, 2.24) is 4.90 Å². The maximum atomic E-state index is 12.6. The van der Waals surface area contributed by atoms with Gasteiger partial charge in [-0.1, -0.05) is 39.0 Å².